The molecule has 0 aromatic carbocycles. The van der Waals surface area contributed by atoms with Crippen molar-refractivity contribution in [2.75, 3.05) is 0 Å². The first kappa shape index (κ1) is 16.7. The molecule has 1 aliphatic rings. The maximum atomic E-state index is 12.4. The van der Waals surface area contributed by atoms with Crippen molar-refractivity contribution in [2.45, 2.75) is 64.3 Å². The van der Waals surface area contributed by atoms with E-state index in [4.69, 9.17) is 0 Å². The average Bonchev–Trinajstić information content (AvgIpc) is 3.01. The highest BCUT2D eigenvalue weighted by Gasteiger charge is 2.30. The van der Waals surface area contributed by atoms with E-state index >= 15 is 0 Å². The lowest BCUT2D eigenvalue weighted by atomic mass is 9.81. The third-order valence-corrected chi connectivity index (χ3v) is 5.18. The molecule has 0 saturated heterocycles. The van der Waals surface area contributed by atoms with Crippen molar-refractivity contribution in [3.63, 3.8) is 0 Å². The number of fused-ring (bicyclic) bond motifs is 1. The number of carboxylic acid groups (broad SMARTS) is 1. The van der Waals surface area contributed by atoms with E-state index in [1.807, 2.05) is 4.68 Å². The molecule has 7 heteroatoms. The van der Waals surface area contributed by atoms with Crippen LogP contribution in [0.5, 0.6) is 0 Å². The molecule has 0 spiro atoms. The normalized spacial score (nSPS) is 21.5. The van der Waals surface area contributed by atoms with Gasteiger partial charge >= 0.3 is 5.97 Å². The Balaban J connectivity index is 2.01. The van der Waals surface area contributed by atoms with Crippen LogP contribution in [-0.2, 0) is 4.79 Å². The molecule has 1 aliphatic carbocycles. The Morgan fingerprint density at radius 1 is 1.42 bits per heavy atom. The lowest BCUT2D eigenvalue weighted by Gasteiger charge is -2.25. The molecule has 24 heavy (non-hydrogen) atoms. The summed E-state index contributed by atoms with van der Waals surface area (Å²) in [7, 11) is 0. The molecule has 0 aliphatic heterocycles. The summed E-state index contributed by atoms with van der Waals surface area (Å²) < 4.78 is 1.84. The zero-order chi connectivity index (χ0) is 17.3. The Labute approximate surface area is 140 Å². The van der Waals surface area contributed by atoms with Crippen LogP contribution in [0.4, 0.5) is 0 Å². The summed E-state index contributed by atoms with van der Waals surface area (Å²) in [5, 5.41) is 14.1. The van der Waals surface area contributed by atoms with Crippen molar-refractivity contribution in [3.8, 4) is 0 Å². The summed E-state index contributed by atoms with van der Waals surface area (Å²) in [6.45, 7) is 4.18. The van der Waals surface area contributed by atoms with Gasteiger partial charge in [0.15, 0.2) is 5.65 Å². The number of hydrogen-bond donors (Lipinski definition) is 2. The smallest absolute Gasteiger partial charge is 0.306 e. The maximum absolute atomic E-state index is 12.4. The number of aliphatic carboxylic acids is 1. The van der Waals surface area contributed by atoms with Crippen LogP contribution in [0.2, 0.25) is 0 Å². The van der Waals surface area contributed by atoms with E-state index in [0.717, 1.165) is 25.7 Å². The van der Waals surface area contributed by atoms with E-state index in [0.29, 0.717) is 29.7 Å². The number of hydrogen-bond acceptors (Lipinski definition) is 4. The summed E-state index contributed by atoms with van der Waals surface area (Å²) in [5.41, 5.74) is 0.421. The standard InChI is InChI=1S/C17H24N4O3/c1-3-12(4-2)21-15-13(9-18-21)16(22)20-14(19-15)10-6-5-7-11(8-10)17(23)24/h9-12H,3-8H2,1-2H3,(H,23,24)(H,19,20,22). The first-order chi connectivity index (χ1) is 11.5. The summed E-state index contributed by atoms with van der Waals surface area (Å²) in [6.07, 6.45) is 6.34. The number of nitrogens with zero attached hydrogens (tertiary/aromatic N) is 3. The molecular formula is C17H24N4O3. The van der Waals surface area contributed by atoms with Crippen LogP contribution in [0.1, 0.15) is 70.2 Å². The summed E-state index contributed by atoms with van der Waals surface area (Å²) in [5.74, 6) is -0.521. The molecule has 130 valence electrons. The molecular weight excluding hydrogens is 308 g/mol. The van der Waals surface area contributed by atoms with Crippen molar-refractivity contribution in [1.29, 1.82) is 0 Å². The summed E-state index contributed by atoms with van der Waals surface area (Å²) in [4.78, 5) is 31.2. The van der Waals surface area contributed by atoms with Gasteiger partial charge in [0.1, 0.15) is 11.2 Å². The Bertz CT molecular complexity index is 791. The molecule has 2 aromatic rings. The molecule has 0 bridgehead atoms. The Morgan fingerprint density at radius 2 is 2.17 bits per heavy atom. The molecule has 3 rings (SSSR count). The van der Waals surface area contributed by atoms with Crippen LogP contribution in [0.25, 0.3) is 11.0 Å². The summed E-state index contributed by atoms with van der Waals surface area (Å²) in [6, 6.07) is 0.211. The lowest BCUT2D eigenvalue weighted by Crippen LogP contribution is -2.24. The van der Waals surface area contributed by atoms with Crippen molar-refractivity contribution in [2.24, 2.45) is 5.92 Å². The second kappa shape index (κ2) is 6.75. The van der Waals surface area contributed by atoms with Gasteiger partial charge in [0.25, 0.3) is 5.56 Å². The zero-order valence-electron chi connectivity index (χ0n) is 14.2. The van der Waals surface area contributed by atoms with Gasteiger partial charge in [-0.1, -0.05) is 20.3 Å². The second-order valence-electron chi connectivity index (χ2n) is 6.65. The van der Waals surface area contributed by atoms with E-state index in [1.54, 1.807) is 6.20 Å². The predicted molar refractivity (Wildman–Crippen MR) is 90.1 cm³/mol. The number of rotatable bonds is 5. The lowest BCUT2D eigenvalue weighted by molar-refractivity contribution is -0.143. The fraction of sp³-hybridized carbons (Fsp3) is 0.647. The number of carboxylic acids is 1. The predicted octanol–water partition coefficient (Wildman–Crippen LogP) is 2.84. The molecule has 2 N–H and O–H groups in total. The minimum atomic E-state index is -0.759. The maximum Gasteiger partial charge on any atom is 0.306 e. The first-order valence-electron chi connectivity index (χ1n) is 8.75. The van der Waals surface area contributed by atoms with Gasteiger partial charge in [0, 0.05) is 5.92 Å². The quantitative estimate of drug-likeness (QED) is 0.877. The highest BCUT2D eigenvalue weighted by atomic mass is 16.4. The molecule has 7 nitrogen and oxygen atoms in total. The Kier molecular flexibility index (Phi) is 4.69. The van der Waals surface area contributed by atoms with E-state index in [9.17, 15) is 14.7 Å². The van der Waals surface area contributed by atoms with Gasteiger partial charge in [-0.2, -0.15) is 5.10 Å². The van der Waals surface area contributed by atoms with Gasteiger partial charge < -0.3 is 10.1 Å². The fourth-order valence-electron chi connectivity index (χ4n) is 3.71. The van der Waals surface area contributed by atoms with Crippen LogP contribution in [0, 0.1) is 5.92 Å². The third kappa shape index (κ3) is 2.95. The number of carbonyl (C=O) groups is 1. The van der Waals surface area contributed by atoms with Crippen LogP contribution < -0.4 is 5.56 Å². The topological polar surface area (TPSA) is 101 Å². The molecule has 0 radical (unpaired) electrons. The molecule has 2 aromatic heterocycles. The van der Waals surface area contributed by atoms with Crippen molar-refractivity contribution in [3.05, 3.63) is 22.4 Å². The van der Waals surface area contributed by atoms with E-state index < -0.39 is 5.97 Å². The van der Waals surface area contributed by atoms with Crippen LogP contribution in [0.15, 0.2) is 11.0 Å². The molecule has 1 saturated carbocycles. The molecule has 2 heterocycles. The van der Waals surface area contributed by atoms with Gasteiger partial charge in [-0.05, 0) is 32.1 Å². The largest absolute Gasteiger partial charge is 0.481 e. The minimum Gasteiger partial charge on any atom is -0.481 e. The van der Waals surface area contributed by atoms with E-state index in [2.05, 4.69) is 28.9 Å². The van der Waals surface area contributed by atoms with Crippen LogP contribution in [0.3, 0.4) is 0 Å². The molecule has 1 fully saturated rings. The van der Waals surface area contributed by atoms with Crippen molar-refractivity contribution < 1.29 is 9.90 Å². The second-order valence-corrected chi connectivity index (χ2v) is 6.65. The third-order valence-electron chi connectivity index (χ3n) is 5.18. The van der Waals surface area contributed by atoms with E-state index in [1.165, 1.54) is 0 Å². The van der Waals surface area contributed by atoms with Gasteiger partial charge in [-0.3, -0.25) is 9.59 Å². The van der Waals surface area contributed by atoms with Gasteiger partial charge in [-0.15, -0.1) is 0 Å². The van der Waals surface area contributed by atoms with Crippen LogP contribution >= 0.6 is 0 Å². The number of aromatic nitrogens is 4. The van der Waals surface area contributed by atoms with Crippen molar-refractivity contribution in [1.82, 2.24) is 19.7 Å². The Morgan fingerprint density at radius 3 is 2.83 bits per heavy atom. The minimum absolute atomic E-state index is 0.0120. The first-order valence-corrected chi connectivity index (χ1v) is 8.75. The molecule has 0 amide bonds. The fourth-order valence-corrected chi connectivity index (χ4v) is 3.71. The average molecular weight is 332 g/mol. The molecule has 2 unspecified atom stereocenters. The molecule has 2 atom stereocenters. The number of nitrogens with one attached hydrogen (secondary N) is 1. The van der Waals surface area contributed by atoms with Gasteiger partial charge in [0.05, 0.1) is 18.2 Å². The Hall–Kier alpha value is -2.18. The summed E-state index contributed by atoms with van der Waals surface area (Å²) >= 11 is 0. The highest BCUT2D eigenvalue weighted by Crippen LogP contribution is 2.35. The van der Waals surface area contributed by atoms with E-state index in [-0.39, 0.29) is 23.4 Å². The SMILES string of the molecule is CCC(CC)n1ncc2c(=O)[nH]c(C3CCCC(C(=O)O)C3)nc21. The van der Waals surface area contributed by atoms with Gasteiger partial charge in [0.2, 0.25) is 0 Å². The van der Waals surface area contributed by atoms with Crippen molar-refractivity contribution >= 4 is 17.0 Å². The van der Waals surface area contributed by atoms with Gasteiger partial charge in [-0.25, -0.2) is 9.67 Å². The highest BCUT2D eigenvalue weighted by molar-refractivity contribution is 5.73. The zero-order valence-corrected chi connectivity index (χ0v) is 14.2. The number of aromatic amines is 1. The van der Waals surface area contributed by atoms with Crippen LogP contribution in [-0.4, -0.2) is 30.8 Å². The monoisotopic (exact) mass is 332 g/mol. The number of H-pyrrole nitrogens is 1.